The first-order valence-corrected chi connectivity index (χ1v) is 11.7. The van der Waals surface area contributed by atoms with Crippen LogP contribution >= 0.6 is 23.2 Å². The van der Waals surface area contributed by atoms with Crippen LogP contribution in [0.3, 0.4) is 0 Å². The van der Waals surface area contributed by atoms with E-state index in [4.69, 9.17) is 42.3 Å². The van der Waals surface area contributed by atoms with E-state index in [0.717, 1.165) is 16.9 Å². The second-order valence-corrected chi connectivity index (χ2v) is 8.99. The molecule has 0 radical (unpaired) electrons. The number of benzene rings is 3. The highest BCUT2D eigenvalue weighted by Gasteiger charge is 2.23. The molecule has 0 amide bonds. The Balaban J connectivity index is 1.44. The van der Waals surface area contributed by atoms with Crippen LogP contribution in [0.5, 0.6) is 11.5 Å². The number of carboxylic acids is 1. The van der Waals surface area contributed by atoms with E-state index in [1.807, 2.05) is 38.1 Å². The summed E-state index contributed by atoms with van der Waals surface area (Å²) in [7, 11) is 0. The van der Waals surface area contributed by atoms with Crippen molar-refractivity contribution >= 4 is 29.2 Å². The van der Waals surface area contributed by atoms with Gasteiger partial charge in [0.2, 0.25) is 0 Å². The largest absolute Gasteiger partial charge is 0.489 e. The summed E-state index contributed by atoms with van der Waals surface area (Å²) in [5.41, 5.74) is 3.15. The minimum Gasteiger partial charge on any atom is -0.489 e. The SMILES string of the molecule is CC(C)c1onc(-c2c(Cl)cccc2Cl)c1COc1ccc(COc2ccc(C(=O)O)cc2)cc1. The van der Waals surface area contributed by atoms with Crippen LogP contribution in [0.1, 0.15) is 47.0 Å². The molecule has 35 heavy (non-hydrogen) atoms. The fourth-order valence-electron chi connectivity index (χ4n) is 3.53. The Morgan fingerprint density at radius 1 is 0.914 bits per heavy atom. The molecule has 0 saturated carbocycles. The minimum absolute atomic E-state index is 0.0974. The molecule has 0 fully saturated rings. The zero-order valence-corrected chi connectivity index (χ0v) is 20.6. The van der Waals surface area contributed by atoms with Gasteiger partial charge in [-0.3, -0.25) is 0 Å². The first-order valence-electron chi connectivity index (χ1n) is 10.9. The van der Waals surface area contributed by atoms with Crippen molar-refractivity contribution in [2.24, 2.45) is 0 Å². The third kappa shape index (κ3) is 5.78. The van der Waals surface area contributed by atoms with E-state index in [-0.39, 0.29) is 18.1 Å². The van der Waals surface area contributed by atoms with Gasteiger partial charge >= 0.3 is 5.97 Å². The van der Waals surface area contributed by atoms with E-state index in [1.54, 1.807) is 30.3 Å². The van der Waals surface area contributed by atoms with Crippen LogP contribution in [0.4, 0.5) is 0 Å². The maximum absolute atomic E-state index is 11.0. The Bertz CT molecular complexity index is 1290. The normalized spacial score (nSPS) is 11.0. The predicted molar refractivity (Wildman–Crippen MR) is 135 cm³/mol. The van der Waals surface area contributed by atoms with Gasteiger partial charge in [-0.2, -0.15) is 0 Å². The standard InChI is InChI=1S/C27H23Cl2NO5/c1-16(2)26-21(25(30-35-26)24-22(28)4-3-5-23(24)29)15-34-19-10-6-17(7-11-19)14-33-20-12-8-18(9-13-20)27(31)32/h3-13,16H,14-15H2,1-2H3,(H,31,32). The molecular weight excluding hydrogens is 489 g/mol. The van der Waals surface area contributed by atoms with Gasteiger partial charge in [0.15, 0.2) is 0 Å². The van der Waals surface area contributed by atoms with E-state index in [0.29, 0.717) is 39.4 Å². The molecule has 1 N–H and O–H groups in total. The third-order valence-electron chi connectivity index (χ3n) is 5.36. The van der Waals surface area contributed by atoms with Gasteiger partial charge < -0.3 is 19.1 Å². The van der Waals surface area contributed by atoms with Gasteiger partial charge in [0.25, 0.3) is 0 Å². The lowest BCUT2D eigenvalue weighted by Gasteiger charge is -2.11. The molecule has 0 aliphatic carbocycles. The van der Waals surface area contributed by atoms with Crippen LogP contribution in [-0.4, -0.2) is 16.2 Å². The third-order valence-corrected chi connectivity index (χ3v) is 5.99. The zero-order chi connectivity index (χ0) is 24.9. The van der Waals surface area contributed by atoms with Crippen molar-refractivity contribution in [1.82, 2.24) is 5.16 Å². The Labute approximate surface area is 213 Å². The Morgan fingerprint density at radius 2 is 1.49 bits per heavy atom. The Kier molecular flexibility index (Phi) is 7.63. The van der Waals surface area contributed by atoms with E-state index in [9.17, 15) is 4.79 Å². The summed E-state index contributed by atoms with van der Waals surface area (Å²) in [6.45, 7) is 4.61. The molecule has 6 nitrogen and oxygen atoms in total. The summed E-state index contributed by atoms with van der Waals surface area (Å²) in [5.74, 6) is 1.11. The van der Waals surface area contributed by atoms with Crippen molar-refractivity contribution < 1.29 is 23.9 Å². The number of aromatic carboxylic acids is 1. The molecular formula is C27H23Cl2NO5. The number of halogens is 2. The maximum atomic E-state index is 11.0. The van der Waals surface area contributed by atoms with E-state index in [2.05, 4.69) is 5.16 Å². The first kappa shape index (κ1) is 24.6. The molecule has 3 aromatic carbocycles. The number of hydrogen-bond acceptors (Lipinski definition) is 5. The maximum Gasteiger partial charge on any atom is 0.335 e. The number of carbonyl (C=O) groups is 1. The molecule has 0 aliphatic heterocycles. The predicted octanol–water partition coefficient (Wildman–Crippen LogP) is 7.63. The molecule has 0 spiro atoms. The number of rotatable bonds is 9. The molecule has 4 rings (SSSR count). The van der Waals surface area contributed by atoms with Gasteiger partial charge in [0.1, 0.15) is 36.2 Å². The summed E-state index contributed by atoms with van der Waals surface area (Å²) >= 11 is 12.8. The number of nitrogens with zero attached hydrogens (tertiary/aromatic N) is 1. The van der Waals surface area contributed by atoms with Crippen LogP contribution in [0.2, 0.25) is 10.0 Å². The smallest absolute Gasteiger partial charge is 0.335 e. The molecule has 0 saturated heterocycles. The summed E-state index contributed by atoms with van der Waals surface area (Å²) in [6.07, 6.45) is 0. The monoisotopic (exact) mass is 511 g/mol. The minimum atomic E-state index is -0.971. The first-order chi connectivity index (χ1) is 16.8. The molecule has 8 heteroatoms. The summed E-state index contributed by atoms with van der Waals surface area (Å²) in [6, 6.07) is 19.1. The van der Waals surface area contributed by atoms with Crippen LogP contribution in [0, 0.1) is 0 Å². The second-order valence-electron chi connectivity index (χ2n) is 8.18. The number of carboxylic acid groups (broad SMARTS) is 1. The molecule has 1 aromatic heterocycles. The van der Waals surface area contributed by atoms with Crippen molar-refractivity contribution in [1.29, 1.82) is 0 Å². The fraction of sp³-hybridized carbons (Fsp3) is 0.185. The molecule has 4 aromatic rings. The summed E-state index contributed by atoms with van der Waals surface area (Å²) in [4.78, 5) is 11.0. The van der Waals surface area contributed by atoms with Crippen LogP contribution in [-0.2, 0) is 13.2 Å². The van der Waals surface area contributed by atoms with Gasteiger partial charge in [-0.25, -0.2) is 4.79 Å². The molecule has 0 aliphatic rings. The topological polar surface area (TPSA) is 81.8 Å². The summed E-state index contributed by atoms with van der Waals surface area (Å²) in [5, 5.41) is 14.2. The molecule has 0 atom stereocenters. The van der Waals surface area contributed by atoms with E-state index >= 15 is 0 Å². The number of hydrogen-bond donors (Lipinski definition) is 1. The molecule has 180 valence electrons. The van der Waals surface area contributed by atoms with Crippen LogP contribution < -0.4 is 9.47 Å². The molecule has 1 heterocycles. The Morgan fingerprint density at radius 3 is 2.06 bits per heavy atom. The lowest BCUT2D eigenvalue weighted by molar-refractivity contribution is 0.0697. The van der Waals surface area contributed by atoms with Crippen molar-refractivity contribution in [2.45, 2.75) is 33.0 Å². The highest BCUT2D eigenvalue weighted by atomic mass is 35.5. The molecule has 0 unspecified atom stereocenters. The lowest BCUT2D eigenvalue weighted by Crippen LogP contribution is -2.02. The van der Waals surface area contributed by atoms with E-state index < -0.39 is 5.97 Å². The van der Waals surface area contributed by atoms with Crippen molar-refractivity contribution in [3.63, 3.8) is 0 Å². The molecule has 0 bridgehead atoms. The highest BCUT2D eigenvalue weighted by molar-refractivity contribution is 6.39. The van der Waals surface area contributed by atoms with Crippen molar-refractivity contribution in [2.75, 3.05) is 0 Å². The van der Waals surface area contributed by atoms with Crippen molar-refractivity contribution in [3.05, 3.63) is 99.2 Å². The van der Waals surface area contributed by atoms with E-state index in [1.165, 1.54) is 12.1 Å². The van der Waals surface area contributed by atoms with Gasteiger partial charge in [-0.05, 0) is 54.1 Å². The average Bonchev–Trinajstić information content (AvgIpc) is 3.26. The lowest BCUT2D eigenvalue weighted by atomic mass is 10.0. The van der Waals surface area contributed by atoms with Gasteiger partial charge in [-0.1, -0.05) is 60.4 Å². The second kappa shape index (κ2) is 10.8. The highest BCUT2D eigenvalue weighted by Crippen LogP contribution is 2.38. The van der Waals surface area contributed by atoms with Crippen LogP contribution in [0.25, 0.3) is 11.3 Å². The number of ether oxygens (including phenoxy) is 2. The van der Waals surface area contributed by atoms with Gasteiger partial charge in [0.05, 0.1) is 21.2 Å². The van der Waals surface area contributed by atoms with Crippen LogP contribution in [0.15, 0.2) is 71.3 Å². The quantitative estimate of drug-likeness (QED) is 0.248. The van der Waals surface area contributed by atoms with Gasteiger partial charge in [-0.15, -0.1) is 0 Å². The summed E-state index contributed by atoms with van der Waals surface area (Å²) < 4.78 is 17.4. The fourth-order valence-corrected chi connectivity index (χ4v) is 4.11. The van der Waals surface area contributed by atoms with Gasteiger partial charge in [0, 0.05) is 11.5 Å². The average molecular weight is 512 g/mol. The van der Waals surface area contributed by atoms with Crippen molar-refractivity contribution in [3.8, 4) is 22.8 Å². The number of aromatic nitrogens is 1. The Hall–Kier alpha value is -3.48. The zero-order valence-electron chi connectivity index (χ0n) is 19.1.